The number of hydrogen-bond acceptors (Lipinski definition) is 6. The molecule has 0 radical (unpaired) electrons. The SMILES string of the molecule is O=C(c1cnn(Cc2ccc(-c3noc(C(F)(F)F)n3)cc2)c1)N1CCOCC1. The van der Waals surface area contributed by atoms with E-state index in [1.807, 2.05) is 0 Å². The fourth-order valence-corrected chi connectivity index (χ4v) is 2.91. The van der Waals surface area contributed by atoms with Crippen molar-refractivity contribution < 1.29 is 27.2 Å². The summed E-state index contributed by atoms with van der Waals surface area (Å²) in [5, 5.41) is 7.57. The summed E-state index contributed by atoms with van der Waals surface area (Å²) in [5.41, 5.74) is 1.74. The summed E-state index contributed by atoms with van der Waals surface area (Å²) in [6.07, 6.45) is -1.49. The fourth-order valence-electron chi connectivity index (χ4n) is 2.91. The maximum absolute atomic E-state index is 12.6. The van der Waals surface area contributed by atoms with Gasteiger partial charge in [-0.1, -0.05) is 29.4 Å². The standard InChI is InChI=1S/C18H16F3N5O3/c19-18(20,21)17-23-15(24-29-17)13-3-1-12(2-4-13)10-26-11-14(9-22-26)16(27)25-5-7-28-8-6-25/h1-4,9,11H,5-8,10H2. The van der Waals surface area contributed by atoms with Crippen molar-refractivity contribution in [3.05, 3.63) is 53.7 Å². The maximum Gasteiger partial charge on any atom is 0.471 e. The highest BCUT2D eigenvalue weighted by molar-refractivity contribution is 5.93. The summed E-state index contributed by atoms with van der Waals surface area (Å²) in [7, 11) is 0. The Labute approximate surface area is 162 Å². The monoisotopic (exact) mass is 407 g/mol. The molecule has 0 spiro atoms. The lowest BCUT2D eigenvalue weighted by Gasteiger charge is -2.26. The zero-order valence-corrected chi connectivity index (χ0v) is 15.1. The van der Waals surface area contributed by atoms with Crippen LogP contribution in [-0.2, 0) is 17.5 Å². The van der Waals surface area contributed by atoms with Gasteiger partial charge in [-0.3, -0.25) is 9.48 Å². The van der Waals surface area contributed by atoms with Gasteiger partial charge in [-0.2, -0.15) is 23.3 Å². The van der Waals surface area contributed by atoms with Crippen molar-refractivity contribution in [2.24, 2.45) is 0 Å². The number of ether oxygens (including phenoxy) is 1. The van der Waals surface area contributed by atoms with Crippen LogP contribution in [0.4, 0.5) is 13.2 Å². The third kappa shape index (κ3) is 4.29. The third-order valence-electron chi connectivity index (χ3n) is 4.40. The van der Waals surface area contributed by atoms with Crippen molar-refractivity contribution in [2.75, 3.05) is 26.3 Å². The summed E-state index contributed by atoms with van der Waals surface area (Å²) >= 11 is 0. The Kier molecular flexibility index (Phi) is 5.05. The highest BCUT2D eigenvalue weighted by Crippen LogP contribution is 2.29. The van der Waals surface area contributed by atoms with E-state index in [4.69, 9.17) is 4.74 Å². The molecule has 1 fully saturated rings. The highest BCUT2D eigenvalue weighted by atomic mass is 19.4. The molecule has 0 unspecified atom stereocenters. The number of benzene rings is 1. The van der Waals surface area contributed by atoms with Crippen molar-refractivity contribution in [1.82, 2.24) is 24.8 Å². The molecule has 3 aromatic rings. The van der Waals surface area contributed by atoms with Crippen LogP contribution in [0.25, 0.3) is 11.4 Å². The van der Waals surface area contributed by atoms with E-state index in [1.165, 1.54) is 6.20 Å². The van der Waals surface area contributed by atoms with Crippen LogP contribution in [0.3, 0.4) is 0 Å². The first kappa shape index (κ1) is 19.1. The molecule has 8 nitrogen and oxygen atoms in total. The van der Waals surface area contributed by atoms with Crippen molar-refractivity contribution in [3.8, 4) is 11.4 Å². The van der Waals surface area contributed by atoms with Gasteiger partial charge in [0.25, 0.3) is 5.91 Å². The molecule has 29 heavy (non-hydrogen) atoms. The summed E-state index contributed by atoms with van der Waals surface area (Å²) in [5.74, 6) is -1.61. The van der Waals surface area contributed by atoms with Gasteiger partial charge in [-0.05, 0) is 5.56 Å². The normalized spacial score (nSPS) is 14.9. The van der Waals surface area contributed by atoms with Crippen LogP contribution in [0, 0.1) is 0 Å². The van der Waals surface area contributed by atoms with Crippen molar-refractivity contribution in [3.63, 3.8) is 0 Å². The molecule has 1 aliphatic rings. The van der Waals surface area contributed by atoms with Crippen molar-refractivity contribution >= 4 is 5.91 Å². The first-order valence-corrected chi connectivity index (χ1v) is 8.80. The second-order valence-corrected chi connectivity index (χ2v) is 6.45. The molecule has 0 bridgehead atoms. The van der Waals surface area contributed by atoms with Crippen molar-refractivity contribution in [1.29, 1.82) is 0 Å². The van der Waals surface area contributed by atoms with Crippen LogP contribution < -0.4 is 0 Å². The van der Waals surface area contributed by atoms with Gasteiger partial charge >= 0.3 is 12.1 Å². The molecule has 0 saturated carbocycles. The molecule has 0 N–H and O–H groups in total. The first-order valence-electron chi connectivity index (χ1n) is 8.80. The number of rotatable bonds is 4. The molecule has 1 aromatic carbocycles. The molecule has 1 saturated heterocycles. The van der Waals surface area contributed by atoms with Crippen LogP contribution in [-0.4, -0.2) is 57.0 Å². The number of alkyl halides is 3. The molecule has 3 heterocycles. The topological polar surface area (TPSA) is 86.3 Å². The maximum atomic E-state index is 12.6. The highest BCUT2D eigenvalue weighted by Gasteiger charge is 2.38. The Hall–Kier alpha value is -3.21. The Balaban J connectivity index is 1.42. The van der Waals surface area contributed by atoms with Crippen LogP contribution in [0.15, 0.2) is 41.2 Å². The Morgan fingerprint density at radius 2 is 1.86 bits per heavy atom. The molecule has 4 rings (SSSR count). The van der Waals surface area contributed by atoms with Gasteiger partial charge in [0.15, 0.2) is 0 Å². The largest absolute Gasteiger partial charge is 0.471 e. The predicted molar refractivity (Wildman–Crippen MR) is 92.8 cm³/mol. The summed E-state index contributed by atoms with van der Waals surface area (Å²) < 4.78 is 48.8. The zero-order chi connectivity index (χ0) is 20.4. The lowest BCUT2D eigenvalue weighted by Crippen LogP contribution is -2.40. The first-order chi connectivity index (χ1) is 13.9. The van der Waals surface area contributed by atoms with Gasteiger partial charge in [0.2, 0.25) is 5.82 Å². The van der Waals surface area contributed by atoms with E-state index < -0.39 is 12.1 Å². The molecular weight excluding hydrogens is 391 g/mol. The molecule has 152 valence electrons. The Morgan fingerprint density at radius 1 is 1.14 bits per heavy atom. The minimum absolute atomic E-state index is 0.0903. The summed E-state index contributed by atoms with van der Waals surface area (Å²) in [6.45, 7) is 2.56. The number of carbonyl (C=O) groups is 1. The molecule has 11 heteroatoms. The number of amides is 1. The van der Waals surface area contributed by atoms with Crippen LogP contribution in [0.1, 0.15) is 21.8 Å². The predicted octanol–water partition coefficient (Wildman–Crippen LogP) is 2.47. The lowest BCUT2D eigenvalue weighted by atomic mass is 10.1. The molecule has 0 aliphatic carbocycles. The number of carbonyl (C=O) groups excluding carboxylic acids is 1. The molecule has 0 atom stereocenters. The van der Waals surface area contributed by atoms with Gasteiger partial charge in [0, 0.05) is 24.8 Å². The lowest BCUT2D eigenvalue weighted by molar-refractivity contribution is -0.159. The minimum atomic E-state index is -4.68. The fraction of sp³-hybridized carbons (Fsp3) is 0.333. The van der Waals surface area contributed by atoms with Gasteiger partial charge in [0.05, 0.1) is 31.5 Å². The molecule has 1 aliphatic heterocycles. The molecule has 2 aromatic heterocycles. The second kappa shape index (κ2) is 7.66. The average molecular weight is 407 g/mol. The van der Waals surface area contributed by atoms with Crippen LogP contribution in [0.5, 0.6) is 0 Å². The number of aromatic nitrogens is 4. The summed E-state index contributed by atoms with van der Waals surface area (Å²) in [6, 6.07) is 6.65. The van der Waals surface area contributed by atoms with E-state index in [-0.39, 0.29) is 11.7 Å². The van der Waals surface area contributed by atoms with E-state index >= 15 is 0 Å². The second-order valence-electron chi connectivity index (χ2n) is 6.45. The molecule has 1 amide bonds. The summed E-state index contributed by atoms with van der Waals surface area (Å²) in [4.78, 5) is 17.5. The van der Waals surface area contributed by atoms with E-state index in [0.717, 1.165) is 5.56 Å². The van der Waals surface area contributed by atoms with E-state index in [1.54, 1.807) is 40.0 Å². The van der Waals surface area contributed by atoms with Crippen LogP contribution >= 0.6 is 0 Å². The Morgan fingerprint density at radius 3 is 2.52 bits per heavy atom. The minimum Gasteiger partial charge on any atom is -0.378 e. The number of nitrogens with zero attached hydrogens (tertiary/aromatic N) is 5. The zero-order valence-electron chi connectivity index (χ0n) is 15.1. The van der Waals surface area contributed by atoms with E-state index in [9.17, 15) is 18.0 Å². The van der Waals surface area contributed by atoms with Gasteiger partial charge in [-0.15, -0.1) is 0 Å². The number of morpholine rings is 1. The average Bonchev–Trinajstić information content (AvgIpc) is 3.38. The van der Waals surface area contributed by atoms with Crippen molar-refractivity contribution in [2.45, 2.75) is 12.7 Å². The smallest absolute Gasteiger partial charge is 0.378 e. The van der Waals surface area contributed by atoms with E-state index in [2.05, 4.69) is 19.8 Å². The van der Waals surface area contributed by atoms with Gasteiger partial charge in [0.1, 0.15) is 0 Å². The third-order valence-corrected chi connectivity index (χ3v) is 4.40. The Bertz CT molecular complexity index is 991. The van der Waals surface area contributed by atoms with Gasteiger partial charge < -0.3 is 14.2 Å². The molecular formula is C18H16F3N5O3. The quantitative estimate of drug-likeness (QED) is 0.661. The number of halogens is 3. The van der Waals surface area contributed by atoms with Gasteiger partial charge in [-0.25, -0.2) is 0 Å². The number of hydrogen-bond donors (Lipinski definition) is 0. The van der Waals surface area contributed by atoms with Crippen LogP contribution in [0.2, 0.25) is 0 Å². The van der Waals surface area contributed by atoms with E-state index in [0.29, 0.717) is 44.0 Å².